The topological polar surface area (TPSA) is 100 Å². The number of nitrogens with one attached hydrogen (secondary N) is 1. The highest BCUT2D eigenvalue weighted by Crippen LogP contribution is 2.15. The van der Waals surface area contributed by atoms with E-state index in [4.69, 9.17) is 10.5 Å². The summed E-state index contributed by atoms with van der Waals surface area (Å²) in [4.78, 5) is 32.4. The zero-order valence-corrected chi connectivity index (χ0v) is 18.8. The van der Waals surface area contributed by atoms with E-state index in [0.717, 1.165) is 17.7 Å². The van der Waals surface area contributed by atoms with Crippen molar-refractivity contribution in [2.24, 2.45) is 16.6 Å². The van der Waals surface area contributed by atoms with Gasteiger partial charge in [0.05, 0.1) is 6.54 Å². The predicted octanol–water partition coefficient (Wildman–Crippen LogP) is 3.04. The van der Waals surface area contributed by atoms with Gasteiger partial charge in [0.15, 0.2) is 5.96 Å². The number of anilines is 1. The summed E-state index contributed by atoms with van der Waals surface area (Å²) in [5, 5.41) is 2.94. The van der Waals surface area contributed by atoms with Crippen molar-refractivity contribution in [3.8, 4) is 0 Å². The van der Waals surface area contributed by atoms with Gasteiger partial charge < -0.3 is 25.6 Å². The number of nitrogens with two attached hydrogens (primary N) is 1. The average molecular weight is 418 g/mol. The van der Waals surface area contributed by atoms with E-state index >= 15 is 0 Å². The lowest BCUT2D eigenvalue weighted by molar-refractivity contribution is -0.119. The van der Waals surface area contributed by atoms with Crippen LogP contribution in [0.5, 0.6) is 0 Å². The molecule has 2 rings (SSSR count). The minimum atomic E-state index is -0.503. The van der Waals surface area contributed by atoms with Gasteiger partial charge in [0.25, 0.3) is 0 Å². The Labute approximate surface area is 179 Å². The van der Waals surface area contributed by atoms with Crippen molar-refractivity contribution in [1.29, 1.82) is 0 Å². The molecule has 3 N–H and O–H groups in total. The smallest absolute Gasteiger partial charge is 0.410 e. The fourth-order valence-corrected chi connectivity index (χ4v) is 2.92. The number of guanidine groups is 1. The van der Waals surface area contributed by atoms with Gasteiger partial charge in [-0.15, -0.1) is 0 Å². The van der Waals surface area contributed by atoms with Crippen LogP contribution < -0.4 is 11.1 Å². The van der Waals surface area contributed by atoms with Gasteiger partial charge in [-0.1, -0.05) is 26.0 Å². The highest BCUT2D eigenvalue weighted by molar-refractivity contribution is 5.92. The van der Waals surface area contributed by atoms with Crippen LogP contribution in [0.3, 0.4) is 0 Å². The number of amides is 2. The lowest BCUT2D eigenvalue weighted by Gasteiger charge is -2.36. The molecule has 1 atom stereocenters. The van der Waals surface area contributed by atoms with Crippen LogP contribution >= 0.6 is 0 Å². The number of carbonyl (C=O) groups is 2. The molecule has 166 valence electrons. The quantitative estimate of drug-likeness (QED) is 0.567. The third kappa shape index (κ3) is 7.24. The van der Waals surface area contributed by atoms with Crippen molar-refractivity contribution >= 4 is 23.6 Å². The van der Waals surface area contributed by atoms with Gasteiger partial charge in [0.1, 0.15) is 5.60 Å². The number of rotatable bonds is 5. The van der Waals surface area contributed by atoms with Crippen LogP contribution in [0.2, 0.25) is 0 Å². The van der Waals surface area contributed by atoms with Crippen molar-refractivity contribution in [2.75, 3.05) is 31.5 Å². The summed E-state index contributed by atoms with van der Waals surface area (Å²) in [5.41, 5.74) is 7.39. The molecule has 1 heterocycles. The van der Waals surface area contributed by atoms with Crippen LogP contribution in [0.15, 0.2) is 29.3 Å². The van der Waals surface area contributed by atoms with Crippen molar-refractivity contribution in [3.63, 3.8) is 0 Å². The zero-order valence-electron chi connectivity index (χ0n) is 18.8. The number of hydrogen-bond donors (Lipinski definition) is 2. The lowest BCUT2D eigenvalue weighted by Crippen LogP contribution is -2.53. The van der Waals surface area contributed by atoms with Gasteiger partial charge in [0.2, 0.25) is 5.91 Å². The second-order valence-corrected chi connectivity index (χ2v) is 8.63. The number of aliphatic imine (C=N–C) groups is 1. The molecule has 0 aliphatic carbocycles. The summed E-state index contributed by atoms with van der Waals surface area (Å²) in [6.45, 7) is 12.2. The number of ether oxygens (including phenoxy) is 1. The van der Waals surface area contributed by atoms with E-state index in [1.54, 1.807) is 4.90 Å². The Bertz CT molecular complexity index is 764. The predicted molar refractivity (Wildman–Crippen MR) is 119 cm³/mol. The first-order chi connectivity index (χ1) is 14.1. The molecule has 0 radical (unpaired) electrons. The molecule has 1 aliphatic rings. The fourth-order valence-electron chi connectivity index (χ4n) is 2.92. The van der Waals surface area contributed by atoms with Gasteiger partial charge in [-0.25, -0.2) is 9.79 Å². The number of hydrogen-bond acceptors (Lipinski definition) is 4. The van der Waals surface area contributed by atoms with Crippen molar-refractivity contribution < 1.29 is 14.3 Å². The maximum absolute atomic E-state index is 12.2. The first-order valence-corrected chi connectivity index (χ1v) is 10.5. The molecule has 1 aromatic carbocycles. The summed E-state index contributed by atoms with van der Waals surface area (Å²) in [5.74, 6) is 0.440. The number of carbonyl (C=O) groups excluding carboxylic acids is 2. The molecular formula is C22H35N5O3. The molecule has 8 nitrogen and oxygen atoms in total. The molecule has 30 heavy (non-hydrogen) atoms. The molecule has 0 bridgehead atoms. The van der Waals surface area contributed by atoms with Crippen LogP contribution in [0, 0.1) is 5.92 Å². The Hall–Kier alpha value is -2.77. The van der Waals surface area contributed by atoms with Crippen LogP contribution in [0.25, 0.3) is 0 Å². The van der Waals surface area contributed by atoms with Gasteiger partial charge in [-0.2, -0.15) is 0 Å². The third-order valence-corrected chi connectivity index (χ3v) is 4.93. The highest BCUT2D eigenvalue weighted by atomic mass is 16.6. The van der Waals surface area contributed by atoms with Gasteiger partial charge in [-0.05, 0) is 44.9 Å². The largest absolute Gasteiger partial charge is 0.444 e. The Balaban J connectivity index is 1.88. The monoisotopic (exact) mass is 417 g/mol. The van der Waals surface area contributed by atoms with Crippen LogP contribution in [-0.2, 0) is 16.1 Å². The summed E-state index contributed by atoms with van der Waals surface area (Å²) in [6.07, 6.45) is 0.502. The van der Waals surface area contributed by atoms with E-state index < -0.39 is 5.60 Å². The van der Waals surface area contributed by atoms with Crippen molar-refractivity contribution in [2.45, 2.75) is 53.2 Å². The SMILES string of the molecule is CCC(C)C(=O)Nc1cccc(CN=C(N)N2CCN(C(=O)OC(C)(C)C)CC2)c1. The van der Waals surface area contributed by atoms with Gasteiger partial charge in [-0.3, -0.25) is 4.79 Å². The van der Waals surface area contributed by atoms with Gasteiger partial charge in [0, 0.05) is 37.8 Å². The molecule has 1 unspecified atom stereocenters. The molecule has 0 aromatic heterocycles. The molecule has 1 aliphatic heterocycles. The minimum Gasteiger partial charge on any atom is -0.444 e. The second-order valence-electron chi connectivity index (χ2n) is 8.63. The third-order valence-electron chi connectivity index (χ3n) is 4.93. The van der Waals surface area contributed by atoms with E-state index in [1.165, 1.54) is 0 Å². The Morgan fingerprint density at radius 1 is 1.20 bits per heavy atom. The van der Waals surface area contributed by atoms with Crippen molar-refractivity contribution in [1.82, 2.24) is 9.80 Å². The summed E-state index contributed by atoms with van der Waals surface area (Å²) < 4.78 is 5.42. The zero-order chi connectivity index (χ0) is 22.3. The van der Waals surface area contributed by atoms with E-state index in [-0.39, 0.29) is 17.9 Å². The molecule has 1 fully saturated rings. The first kappa shape index (κ1) is 23.5. The van der Waals surface area contributed by atoms with Crippen LogP contribution in [0.1, 0.15) is 46.6 Å². The number of piperazine rings is 1. The highest BCUT2D eigenvalue weighted by Gasteiger charge is 2.26. The average Bonchev–Trinajstić information content (AvgIpc) is 2.70. The Kier molecular flexibility index (Phi) is 8.08. The van der Waals surface area contributed by atoms with E-state index in [2.05, 4.69) is 10.3 Å². The molecule has 0 spiro atoms. The molecule has 2 amide bonds. The lowest BCUT2D eigenvalue weighted by atomic mass is 10.1. The van der Waals surface area contributed by atoms with Crippen molar-refractivity contribution in [3.05, 3.63) is 29.8 Å². The van der Waals surface area contributed by atoms with E-state index in [0.29, 0.717) is 38.7 Å². The summed E-state index contributed by atoms with van der Waals surface area (Å²) in [7, 11) is 0. The Morgan fingerprint density at radius 2 is 1.83 bits per heavy atom. The summed E-state index contributed by atoms with van der Waals surface area (Å²) in [6, 6.07) is 7.63. The standard InChI is InChI=1S/C22H35N5O3/c1-6-16(2)19(28)25-18-9-7-8-17(14-18)15-24-20(23)26-10-12-27(13-11-26)21(29)30-22(3,4)5/h7-9,14,16H,6,10-13,15H2,1-5H3,(H2,23,24)(H,25,28). The van der Waals surface area contributed by atoms with Crippen LogP contribution in [0.4, 0.5) is 10.5 Å². The first-order valence-electron chi connectivity index (χ1n) is 10.5. The number of nitrogens with zero attached hydrogens (tertiary/aromatic N) is 3. The normalized spacial score (nSPS) is 16.2. The molecule has 0 saturated carbocycles. The molecular weight excluding hydrogens is 382 g/mol. The number of benzene rings is 1. The fraction of sp³-hybridized carbons (Fsp3) is 0.591. The van der Waals surface area contributed by atoms with Gasteiger partial charge >= 0.3 is 6.09 Å². The Morgan fingerprint density at radius 3 is 2.43 bits per heavy atom. The summed E-state index contributed by atoms with van der Waals surface area (Å²) >= 11 is 0. The minimum absolute atomic E-state index is 0.0144. The van der Waals surface area contributed by atoms with Crippen LogP contribution in [-0.4, -0.2) is 59.5 Å². The molecule has 8 heteroatoms. The maximum atomic E-state index is 12.2. The van der Waals surface area contributed by atoms with E-state index in [9.17, 15) is 9.59 Å². The molecule has 1 saturated heterocycles. The molecule has 1 aromatic rings. The van der Waals surface area contributed by atoms with E-state index in [1.807, 2.05) is 63.8 Å². The maximum Gasteiger partial charge on any atom is 0.410 e. The second kappa shape index (κ2) is 10.3.